The van der Waals surface area contributed by atoms with E-state index in [1.807, 2.05) is 4.90 Å². The molecule has 1 aromatic carbocycles. The number of nitriles is 1. The first-order valence-electron chi connectivity index (χ1n) is 5.26. The second-order valence-corrected chi connectivity index (χ2v) is 3.77. The van der Waals surface area contributed by atoms with Gasteiger partial charge in [0.2, 0.25) is 0 Å². The molecule has 1 fully saturated rings. The molecular formula is C12H13FN2O. The normalized spacial score (nSPS) is 21.6. The minimum absolute atomic E-state index is 0.244. The molecule has 0 saturated carbocycles. The Balaban J connectivity index is 2.10. The predicted molar refractivity (Wildman–Crippen MR) is 57.1 cm³/mol. The zero-order valence-corrected chi connectivity index (χ0v) is 8.90. The highest BCUT2D eigenvalue weighted by atomic mass is 19.1. The van der Waals surface area contributed by atoms with Crippen LogP contribution in [0.5, 0.6) is 0 Å². The molecule has 0 bridgehead atoms. The van der Waals surface area contributed by atoms with Crippen LogP contribution in [0.3, 0.4) is 0 Å². The topological polar surface area (TPSA) is 36.3 Å². The molecule has 4 heteroatoms. The molecule has 16 heavy (non-hydrogen) atoms. The van der Waals surface area contributed by atoms with Gasteiger partial charge < -0.3 is 4.74 Å². The van der Waals surface area contributed by atoms with Crippen LogP contribution in [-0.4, -0.2) is 31.1 Å². The number of rotatable bonds is 2. The molecule has 84 valence electrons. The standard InChI is InChI=1S/C12H13FN2O/c13-11-4-2-1-3-10(11)12-9-15(6-5-14)7-8-16-12/h1-4,12H,6-9H2. The first kappa shape index (κ1) is 11.1. The van der Waals surface area contributed by atoms with E-state index in [9.17, 15) is 4.39 Å². The maximum Gasteiger partial charge on any atom is 0.129 e. The van der Waals surface area contributed by atoms with Crippen molar-refractivity contribution in [2.24, 2.45) is 0 Å². The Morgan fingerprint density at radius 3 is 3.06 bits per heavy atom. The number of ether oxygens (including phenoxy) is 1. The van der Waals surface area contributed by atoms with Crippen molar-refractivity contribution in [1.82, 2.24) is 4.90 Å². The molecule has 0 spiro atoms. The summed E-state index contributed by atoms with van der Waals surface area (Å²) in [4.78, 5) is 1.97. The lowest BCUT2D eigenvalue weighted by Gasteiger charge is -2.31. The van der Waals surface area contributed by atoms with E-state index in [0.717, 1.165) is 6.54 Å². The van der Waals surface area contributed by atoms with Crippen molar-refractivity contribution in [1.29, 1.82) is 5.26 Å². The summed E-state index contributed by atoms with van der Waals surface area (Å²) in [7, 11) is 0. The largest absolute Gasteiger partial charge is 0.371 e. The average molecular weight is 220 g/mol. The van der Waals surface area contributed by atoms with Crippen LogP contribution in [-0.2, 0) is 4.74 Å². The number of halogens is 1. The van der Waals surface area contributed by atoms with Gasteiger partial charge >= 0.3 is 0 Å². The fourth-order valence-corrected chi connectivity index (χ4v) is 1.87. The maximum atomic E-state index is 13.5. The monoisotopic (exact) mass is 220 g/mol. The molecule has 1 aromatic rings. The lowest BCUT2D eigenvalue weighted by molar-refractivity contribution is -0.0271. The van der Waals surface area contributed by atoms with E-state index in [2.05, 4.69) is 6.07 Å². The van der Waals surface area contributed by atoms with E-state index in [4.69, 9.17) is 10.00 Å². The third kappa shape index (κ3) is 2.38. The van der Waals surface area contributed by atoms with E-state index in [0.29, 0.717) is 25.3 Å². The van der Waals surface area contributed by atoms with Gasteiger partial charge in [-0.3, -0.25) is 4.90 Å². The summed E-state index contributed by atoms with van der Waals surface area (Å²) in [5, 5.41) is 8.62. The number of nitrogens with zero attached hydrogens (tertiary/aromatic N) is 2. The summed E-state index contributed by atoms with van der Waals surface area (Å²) in [5.41, 5.74) is 0.574. The van der Waals surface area contributed by atoms with Crippen molar-refractivity contribution < 1.29 is 9.13 Å². The first-order chi connectivity index (χ1) is 7.81. The van der Waals surface area contributed by atoms with E-state index in [1.165, 1.54) is 6.07 Å². The number of hydrogen-bond donors (Lipinski definition) is 0. The van der Waals surface area contributed by atoms with Gasteiger partial charge in [-0.15, -0.1) is 0 Å². The summed E-state index contributed by atoms with van der Waals surface area (Å²) >= 11 is 0. The molecule has 0 aromatic heterocycles. The SMILES string of the molecule is N#CCN1CCOC(c2ccccc2F)C1. The quantitative estimate of drug-likeness (QED) is 0.712. The highest BCUT2D eigenvalue weighted by Gasteiger charge is 2.23. The van der Waals surface area contributed by atoms with Crippen LogP contribution < -0.4 is 0 Å². The third-order valence-corrected chi connectivity index (χ3v) is 2.70. The second-order valence-electron chi connectivity index (χ2n) is 3.77. The fourth-order valence-electron chi connectivity index (χ4n) is 1.87. The van der Waals surface area contributed by atoms with Crippen LogP contribution in [0.2, 0.25) is 0 Å². The zero-order chi connectivity index (χ0) is 11.4. The Morgan fingerprint density at radius 1 is 1.50 bits per heavy atom. The Morgan fingerprint density at radius 2 is 2.31 bits per heavy atom. The number of benzene rings is 1. The molecule has 1 aliphatic rings. The van der Waals surface area contributed by atoms with Gasteiger partial charge in [-0.1, -0.05) is 18.2 Å². The minimum atomic E-state index is -0.261. The minimum Gasteiger partial charge on any atom is -0.371 e. The van der Waals surface area contributed by atoms with Crippen molar-refractivity contribution in [3.05, 3.63) is 35.6 Å². The number of morpholine rings is 1. The first-order valence-corrected chi connectivity index (χ1v) is 5.26. The summed E-state index contributed by atoms with van der Waals surface area (Å²) in [6, 6.07) is 8.72. The molecule has 0 radical (unpaired) electrons. The van der Waals surface area contributed by atoms with E-state index < -0.39 is 0 Å². The Kier molecular flexibility index (Phi) is 3.50. The van der Waals surface area contributed by atoms with Crippen LogP contribution in [0.25, 0.3) is 0 Å². The average Bonchev–Trinajstić information content (AvgIpc) is 2.30. The van der Waals surface area contributed by atoms with Gasteiger partial charge in [0.25, 0.3) is 0 Å². The molecular weight excluding hydrogens is 207 g/mol. The van der Waals surface area contributed by atoms with Gasteiger partial charge in [0.05, 0.1) is 25.3 Å². The smallest absolute Gasteiger partial charge is 0.129 e. The van der Waals surface area contributed by atoms with Crippen molar-refractivity contribution >= 4 is 0 Å². The van der Waals surface area contributed by atoms with E-state index in [1.54, 1.807) is 18.2 Å². The van der Waals surface area contributed by atoms with Crippen LogP contribution in [0.4, 0.5) is 4.39 Å². The molecule has 2 rings (SSSR count). The van der Waals surface area contributed by atoms with Gasteiger partial charge in [0.15, 0.2) is 0 Å². The third-order valence-electron chi connectivity index (χ3n) is 2.70. The molecule has 1 heterocycles. The van der Waals surface area contributed by atoms with Gasteiger partial charge in [-0.05, 0) is 6.07 Å². The molecule has 3 nitrogen and oxygen atoms in total. The second kappa shape index (κ2) is 5.06. The van der Waals surface area contributed by atoms with Gasteiger partial charge in [-0.25, -0.2) is 4.39 Å². The summed E-state index contributed by atoms with van der Waals surface area (Å²) in [6.07, 6.45) is -0.261. The van der Waals surface area contributed by atoms with Gasteiger partial charge in [0.1, 0.15) is 5.82 Å². The van der Waals surface area contributed by atoms with Crippen LogP contribution >= 0.6 is 0 Å². The Labute approximate surface area is 94.0 Å². The fraction of sp³-hybridized carbons (Fsp3) is 0.417. The molecule has 0 amide bonds. The van der Waals surface area contributed by atoms with Gasteiger partial charge in [-0.2, -0.15) is 5.26 Å². The lowest BCUT2D eigenvalue weighted by Crippen LogP contribution is -2.38. The van der Waals surface area contributed by atoms with Crippen molar-refractivity contribution in [2.75, 3.05) is 26.2 Å². The summed E-state index contributed by atoms with van der Waals surface area (Å²) in [6.45, 7) is 2.22. The van der Waals surface area contributed by atoms with Crippen molar-refractivity contribution in [2.45, 2.75) is 6.10 Å². The predicted octanol–water partition coefficient (Wildman–Crippen LogP) is 1.72. The van der Waals surface area contributed by atoms with Crippen LogP contribution in [0.1, 0.15) is 11.7 Å². The molecule has 0 N–H and O–H groups in total. The van der Waals surface area contributed by atoms with Gasteiger partial charge in [0, 0.05) is 18.7 Å². The Hall–Kier alpha value is -1.44. The lowest BCUT2D eigenvalue weighted by atomic mass is 10.1. The number of hydrogen-bond acceptors (Lipinski definition) is 3. The van der Waals surface area contributed by atoms with Crippen LogP contribution in [0, 0.1) is 17.1 Å². The molecule has 1 unspecified atom stereocenters. The molecule has 1 aliphatic heterocycles. The highest BCUT2D eigenvalue weighted by Crippen LogP contribution is 2.24. The maximum absolute atomic E-state index is 13.5. The van der Waals surface area contributed by atoms with E-state index >= 15 is 0 Å². The molecule has 1 atom stereocenters. The van der Waals surface area contributed by atoms with Crippen molar-refractivity contribution in [3.8, 4) is 6.07 Å². The zero-order valence-electron chi connectivity index (χ0n) is 8.90. The van der Waals surface area contributed by atoms with Crippen LogP contribution in [0.15, 0.2) is 24.3 Å². The summed E-state index contributed by atoms with van der Waals surface area (Å²) in [5.74, 6) is -0.244. The molecule has 1 saturated heterocycles. The summed E-state index contributed by atoms with van der Waals surface area (Å²) < 4.78 is 19.1. The molecule has 0 aliphatic carbocycles. The van der Waals surface area contributed by atoms with E-state index in [-0.39, 0.29) is 11.9 Å². The highest BCUT2D eigenvalue weighted by molar-refractivity contribution is 5.20. The van der Waals surface area contributed by atoms with Crippen molar-refractivity contribution in [3.63, 3.8) is 0 Å². The Bertz CT molecular complexity index is 402.